The van der Waals surface area contributed by atoms with Crippen molar-refractivity contribution in [3.8, 4) is 0 Å². The zero-order valence-electron chi connectivity index (χ0n) is 16.9. The fourth-order valence-corrected chi connectivity index (χ4v) is 4.89. The predicted molar refractivity (Wildman–Crippen MR) is 116 cm³/mol. The largest absolute Gasteiger partial charge is 0.394 e. The Labute approximate surface area is 187 Å². The lowest BCUT2D eigenvalue weighted by Gasteiger charge is -2.36. The predicted octanol–water partition coefficient (Wildman–Crippen LogP) is 1.67. The van der Waals surface area contributed by atoms with Crippen molar-refractivity contribution in [3.63, 3.8) is 0 Å². The van der Waals surface area contributed by atoms with Crippen LogP contribution in [-0.4, -0.2) is 55.8 Å². The van der Waals surface area contributed by atoms with Gasteiger partial charge in [0.05, 0.1) is 36.2 Å². The molecule has 1 aromatic heterocycles. The van der Waals surface area contributed by atoms with Gasteiger partial charge in [0.2, 0.25) is 15.9 Å². The van der Waals surface area contributed by atoms with Crippen molar-refractivity contribution >= 4 is 27.5 Å². The van der Waals surface area contributed by atoms with Crippen LogP contribution in [0.15, 0.2) is 53.6 Å². The molecule has 8 nitrogen and oxygen atoms in total. The van der Waals surface area contributed by atoms with Gasteiger partial charge in [0, 0.05) is 23.5 Å². The van der Waals surface area contributed by atoms with E-state index in [1.165, 1.54) is 24.3 Å². The summed E-state index contributed by atoms with van der Waals surface area (Å²) in [5.41, 5.74) is 0.699. The van der Waals surface area contributed by atoms with Gasteiger partial charge in [-0.3, -0.25) is 9.78 Å². The molecular formula is C21H26ClN3O5S. The molecule has 1 aliphatic heterocycles. The first-order valence-corrected chi connectivity index (χ1v) is 11.9. The Morgan fingerprint density at radius 3 is 2.65 bits per heavy atom. The van der Waals surface area contributed by atoms with Crippen LogP contribution < -0.4 is 10.0 Å². The third-order valence-electron chi connectivity index (χ3n) is 5.08. The van der Waals surface area contributed by atoms with E-state index in [1.54, 1.807) is 18.3 Å². The molecule has 10 heteroatoms. The lowest BCUT2D eigenvalue weighted by molar-refractivity contribution is -0.121. The number of amides is 1. The standard InChI is InChI=1S/C21H26ClN3O5S/c22-15-4-7-18(8-5-15)31(28,29)25-19-9-6-17(30-20(19)14-26)10-12-24-21(27)13-16-3-1-2-11-23-16/h1-5,7-8,11,17,19-20,25-26H,6,9-10,12-14H2,(H,24,27)/t17-,19-,20-/m1/s1. The van der Waals surface area contributed by atoms with Crippen molar-refractivity contribution < 1.29 is 23.1 Å². The minimum Gasteiger partial charge on any atom is -0.394 e. The van der Waals surface area contributed by atoms with Crippen LogP contribution in [-0.2, 0) is 26.0 Å². The Morgan fingerprint density at radius 2 is 1.97 bits per heavy atom. The highest BCUT2D eigenvalue weighted by atomic mass is 35.5. The van der Waals surface area contributed by atoms with Crippen LogP contribution in [0.1, 0.15) is 25.0 Å². The molecule has 0 aliphatic carbocycles. The Kier molecular flexibility index (Phi) is 8.39. The first-order valence-electron chi connectivity index (χ1n) is 10.1. The van der Waals surface area contributed by atoms with Crippen LogP contribution in [0.5, 0.6) is 0 Å². The SMILES string of the molecule is O=C(Cc1ccccn1)NCC[C@H]1CC[C@@H](NS(=O)(=O)c2ccc(Cl)cc2)[C@@H](CO)O1. The normalized spacial score (nSPS) is 21.5. The third kappa shape index (κ3) is 6.98. The molecule has 3 rings (SSSR count). The number of carbonyl (C=O) groups is 1. The molecule has 0 bridgehead atoms. The van der Waals surface area contributed by atoms with Crippen molar-refractivity contribution in [2.45, 2.75) is 48.8 Å². The van der Waals surface area contributed by atoms with Gasteiger partial charge in [-0.2, -0.15) is 0 Å². The molecule has 0 unspecified atom stereocenters. The number of benzene rings is 1. The number of ether oxygens (including phenoxy) is 1. The van der Waals surface area contributed by atoms with Gasteiger partial charge in [0.15, 0.2) is 0 Å². The fraction of sp³-hybridized carbons (Fsp3) is 0.429. The topological polar surface area (TPSA) is 118 Å². The zero-order chi connectivity index (χ0) is 22.3. The van der Waals surface area contributed by atoms with Crippen molar-refractivity contribution in [1.82, 2.24) is 15.0 Å². The molecule has 3 atom stereocenters. The highest BCUT2D eigenvalue weighted by Crippen LogP contribution is 2.23. The average molecular weight is 468 g/mol. The summed E-state index contributed by atoms with van der Waals surface area (Å²) in [6, 6.07) is 10.8. The molecule has 1 aliphatic rings. The van der Waals surface area contributed by atoms with Gasteiger partial charge in [-0.15, -0.1) is 0 Å². The number of nitrogens with zero attached hydrogens (tertiary/aromatic N) is 1. The zero-order valence-corrected chi connectivity index (χ0v) is 18.5. The maximum atomic E-state index is 12.6. The molecular weight excluding hydrogens is 442 g/mol. The van der Waals surface area contributed by atoms with Crippen LogP contribution in [0.2, 0.25) is 5.02 Å². The number of pyridine rings is 1. The van der Waals surface area contributed by atoms with E-state index in [1.807, 2.05) is 6.07 Å². The number of sulfonamides is 1. The van der Waals surface area contributed by atoms with E-state index in [2.05, 4.69) is 15.0 Å². The number of halogens is 1. The van der Waals surface area contributed by atoms with Crippen molar-refractivity contribution in [2.75, 3.05) is 13.2 Å². The summed E-state index contributed by atoms with van der Waals surface area (Å²) in [5, 5.41) is 13.0. The minimum atomic E-state index is -3.76. The van der Waals surface area contributed by atoms with Gasteiger partial charge in [-0.05, 0) is 55.7 Å². The number of aliphatic hydroxyl groups excluding tert-OH is 1. The summed E-state index contributed by atoms with van der Waals surface area (Å²) in [6.45, 7) is 0.117. The summed E-state index contributed by atoms with van der Waals surface area (Å²) < 4.78 is 33.7. The van der Waals surface area contributed by atoms with Gasteiger partial charge in [-0.1, -0.05) is 17.7 Å². The average Bonchev–Trinajstić information content (AvgIpc) is 2.75. The smallest absolute Gasteiger partial charge is 0.240 e. The van der Waals surface area contributed by atoms with Gasteiger partial charge in [0.25, 0.3) is 0 Å². The lowest BCUT2D eigenvalue weighted by Crippen LogP contribution is -2.51. The highest BCUT2D eigenvalue weighted by molar-refractivity contribution is 7.89. The number of nitrogens with one attached hydrogen (secondary N) is 2. The monoisotopic (exact) mass is 467 g/mol. The van der Waals surface area contributed by atoms with E-state index in [9.17, 15) is 18.3 Å². The first-order chi connectivity index (χ1) is 14.9. The van der Waals surface area contributed by atoms with Gasteiger partial charge < -0.3 is 15.2 Å². The van der Waals surface area contributed by atoms with Crippen LogP contribution in [0.25, 0.3) is 0 Å². The number of hydrogen-bond acceptors (Lipinski definition) is 6. The summed E-state index contributed by atoms with van der Waals surface area (Å²) >= 11 is 5.82. The molecule has 1 amide bonds. The van der Waals surface area contributed by atoms with Crippen LogP contribution >= 0.6 is 11.6 Å². The third-order valence-corrected chi connectivity index (χ3v) is 6.84. The molecule has 2 aromatic rings. The van der Waals surface area contributed by atoms with Crippen LogP contribution in [0.3, 0.4) is 0 Å². The second kappa shape index (κ2) is 11.0. The fourth-order valence-electron chi connectivity index (χ4n) is 3.46. The van der Waals surface area contributed by atoms with E-state index in [0.717, 1.165) is 0 Å². The minimum absolute atomic E-state index is 0.103. The number of rotatable bonds is 9. The second-order valence-corrected chi connectivity index (χ2v) is 9.53. The van der Waals surface area contributed by atoms with Crippen molar-refractivity contribution in [3.05, 3.63) is 59.4 Å². The lowest BCUT2D eigenvalue weighted by atomic mass is 9.98. The Bertz CT molecular complexity index is 957. The summed E-state index contributed by atoms with van der Waals surface area (Å²) in [7, 11) is -3.76. The molecule has 1 saturated heterocycles. The Balaban J connectivity index is 1.46. The van der Waals surface area contributed by atoms with Crippen molar-refractivity contribution in [1.29, 1.82) is 0 Å². The molecule has 31 heavy (non-hydrogen) atoms. The first kappa shape index (κ1) is 23.6. The Hall–Kier alpha value is -2.04. The number of aromatic nitrogens is 1. The number of aliphatic hydroxyl groups is 1. The maximum absolute atomic E-state index is 12.6. The van der Waals surface area contributed by atoms with E-state index in [4.69, 9.17) is 16.3 Å². The van der Waals surface area contributed by atoms with Crippen molar-refractivity contribution in [2.24, 2.45) is 0 Å². The molecule has 1 aromatic carbocycles. The summed E-state index contributed by atoms with van der Waals surface area (Å²) in [6.07, 6.45) is 2.71. The number of hydrogen-bond donors (Lipinski definition) is 3. The van der Waals surface area contributed by atoms with Crippen LogP contribution in [0.4, 0.5) is 0 Å². The summed E-state index contributed by atoms with van der Waals surface area (Å²) in [4.78, 5) is 16.3. The molecule has 1 fully saturated rings. The van der Waals surface area contributed by atoms with Gasteiger partial charge in [0.1, 0.15) is 0 Å². The van der Waals surface area contributed by atoms with E-state index >= 15 is 0 Å². The Morgan fingerprint density at radius 1 is 1.19 bits per heavy atom. The van der Waals surface area contributed by atoms with Gasteiger partial charge >= 0.3 is 0 Å². The number of carbonyl (C=O) groups excluding carboxylic acids is 1. The van der Waals surface area contributed by atoms with Crippen LogP contribution in [0, 0.1) is 0 Å². The highest BCUT2D eigenvalue weighted by Gasteiger charge is 2.33. The summed E-state index contributed by atoms with van der Waals surface area (Å²) in [5.74, 6) is -0.123. The van der Waals surface area contributed by atoms with E-state index in [0.29, 0.717) is 36.5 Å². The maximum Gasteiger partial charge on any atom is 0.240 e. The quantitative estimate of drug-likeness (QED) is 0.516. The molecule has 0 spiro atoms. The molecule has 3 N–H and O–H groups in total. The molecule has 2 heterocycles. The van der Waals surface area contributed by atoms with E-state index in [-0.39, 0.29) is 29.9 Å². The van der Waals surface area contributed by atoms with E-state index < -0.39 is 22.2 Å². The molecule has 0 saturated carbocycles. The second-order valence-electron chi connectivity index (χ2n) is 7.37. The molecule has 0 radical (unpaired) electrons. The van der Waals surface area contributed by atoms with Gasteiger partial charge in [-0.25, -0.2) is 13.1 Å². The molecule has 168 valence electrons.